The van der Waals surface area contributed by atoms with Crippen LogP contribution in [-0.4, -0.2) is 60.5 Å². The van der Waals surface area contributed by atoms with Gasteiger partial charge in [0.1, 0.15) is 5.76 Å². The summed E-state index contributed by atoms with van der Waals surface area (Å²) in [6.45, 7) is 5.16. The number of carbonyl (C=O) groups is 2. The molecule has 7 nitrogen and oxygen atoms in total. The van der Waals surface area contributed by atoms with Gasteiger partial charge in [-0.15, -0.1) is 0 Å². The van der Waals surface area contributed by atoms with Gasteiger partial charge in [0.2, 0.25) is 5.91 Å². The van der Waals surface area contributed by atoms with Crippen LogP contribution in [0.25, 0.3) is 0 Å². The number of nitrogens with zero attached hydrogens (tertiary/aromatic N) is 2. The van der Waals surface area contributed by atoms with Crippen molar-refractivity contribution in [3.05, 3.63) is 33.9 Å². The normalized spacial score (nSPS) is 24.8. The first kappa shape index (κ1) is 19.2. The van der Waals surface area contributed by atoms with Crippen molar-refractivity contribution in [1.29, 1.82) is 0 Å². The maximum Gasteiger partial charge on any atom is 0.289 e. The minimum atomic E-state index is -0.223. The van der Waals surface area contributed by atoms with E-state index in [0.717, 1.165) is 45.3 Å². The zero-order valence-electron chi connectivity index (χ0n) is 16.4. The third-order valence-corrected chi connectivity index (χ3v) is 6.41. The molecule has 1 aromatic rings. The van der Waals surface area contributed by atoms with Crippen molar-refractivity contribution in [1.82, 2.24) is 9.80 Å². The second kappa shape index (κ2) is 7.70. The Labute approximate surface area is 164 Å². The summed E-state index contributed by atoms with van der Waals surface area (Å²) in [5.41, 5.74) is -0.132. The van der Waals surface area contributed by atoms with E-state index in [9.17, 15) is 14.4 Å². The highest BCUT2D eigenvalue weighted by atomic mass is 16.5. The Hall–Kier alpha value is -2.15. The van der Waals surface area contributed by atoms with Crippen LogP contribution in [0.15, 0.2) is 21.3 Å². The monoisotopic (exact) mass is 388 g/mol. The van der Waals surface area contributed by atoms with Gasteiger partial charge in [0.25, 0.3) is 5.91 Å². The van der Waals surface area contributed by atoms with Crippen LogP contribution < -0.4 is 5.43 Å². The Morgan fingerprint density at radius 1 is 1.21 bits per heavy atom. The molecule has 0 bridgehead atoms. The largest absolute Gasteiger partial charge is 0.456 e. The minimum Gasteiger partial charge on any atom is -0.456 e. The Bertz CT molecular complexity index is 803. The molecule has 0 aromatic carbocycles. The van der Waals surface area contributed by atoms with Crippen molar-refractivity contribution in [2.45, 2.75) is 51.6 Å². The van der Waals surface area contributed by atoms with Gasteiger partial charge in [-0.05, 0) is 44.4 Å². The van der Waals surface area contributed by atoms with Crippen molar-refractivity contribution in [2.75, 3.05) is 32.8 Å². The summed E-state index contributed by atoms with van der Waals surface area (Å²) in [6.07, 6.45) is 5.46. The van der Waals surface area contributed by atoms with E-state index in [2.05, 4.69) is 0 Å². The molecular formula is C21H28N2O5. The number of amides is 2. The van der Waals surface area contributed by atoms with Crippen molar-refractivity contribution in [3.8, 4) is 0 Å². The smallest absolute Gasteiger partial charge is 0.289 e. The second-order valence-electron chi connectivity index (χ2n) is 8.47. The van der Waals surface area contributed by atoms with E-state index in [1.54, 1.807) is 11.8 Å². The lowest BCUT2D eigenvalue weighted by atomic mass is 9.72. The van der Waals surface area contributed by atoms with Gasteiger partial charge in [0.15, 0.2) is 11.2 Å². The third kappa shape index (κ3) is 3.99. The topological polar surface area (TPSA) is 80.1 Å². The SMILES string of the molecule is Cc1cc(=O)cc(C(=O)N2CCC3(CCC(=O)N(CC4CCCO4)C3)CC2)o1. The van der Waals surface area contributed by atoms with Gasteiger partial charge >= 0.3 is 0 Å². The maximum atomic E-state index is 12.7. The molecule has 0 aliphatic carbocycles. The highest BCUT2D eigenvalue weighted by molar-refractivity contribution is 5.91. The van der Waals surface area contributed by atoms with Crippen LogP contribution >= 0.6 is 0 Å². The number of hydrogen-bond acceptors (Lipinski definition) is 5. The van der Waals surface area contributed by atoms with Gasteiger partial charge in [-0.3, -0.25) is 14.4 Å². The molecule has 4 rings (SSSR count). The van der Waals surface area contributed by atoms with Gasteiger partial charge < -0.3 is 19.0 Å². The number of rotatable bonds is 3. The number of carbonyl (C=O) groups excluding carboxylic acids is 2. The molecule has 0 saturated carbocycles. The zero-order valence-corrected chi connectivity index (χ0v) is 16.4. The fourth-order valence-electron chi connectivity index (χ4n) is 4.76. The minimum absolute atomic E-state index is 0.0801. The molecule has 3 aliphatic heterocycles. The number of aryl methyl sites for hydroxylation is 1. The van der Waals surface area contributed by atoms with E-state index in [0.29, 0.717) is 31.8 Å². The molecule has 2 amide bonds. The van der Waals surface area contributed by atoms with E-state index in [4.69, 9.17) is 9.15 Å². The lowest BCUT2D eigenvalue weighted by Crippen LogP contribution is -2.53. The van der Waals surface area contributed by atoms with Crippen LogP contribution in [0.5, 0.6) is 0 Å². The molecule has 1 aromatic heterocycles. The Morgan fingerprint density at radius 2 is 2.00 bits per heavy atom. The molecule has 1 spiro atoms. The maximum absolute atomic E-state index is 12.7. The Balaban J connectivity index is 1.39. The first-order valence-electron chi connectivity index (χ1n) is 10.2. The van der Waals surface area contributed by atoms with Crippen molar-refractivity contribution in [2.24, 2.45) is 5.41 Å². The lowest BCUT2D eigenvalue weighted by Gasteiger charge is -2.47. The molecule has 28 heavy (non-hydrogen) atoms. The molecule has 3 aliphatic rings. The molecule has 3 fully saturated rings. The highest BCUT2D eigenvalue weighted by Crippen LogP contribution is 2.40. The van der Waals surface area contributed by atoms with Crippen molar-refractivity contribution < 1.29 is 18.7 Å². The van der Waals surface area contributed by atoms with Gasteiger partial charge in [0.05, 0.1) is 6.10 Å². The molecule has 0 N–H and O–H groups in total. The quantitative estimate of drug-likeness (QED) is 0.791. The molecular weight excluding hydrogens is 360 g/mol. The number of likely N-dealkylation sites (tertiary alicyclic amines) is 2. The fraction of sp³-hybridized carbons (Fsp3) is 0.667. The van der Waals surface area contributed by atoms with Crippen LogP contribution in [0.2, 0.25) is 0 Å². The van der Waals surface area contributed by atoms with E-state index in [1.807, 2.05) is 4.90 Å². The molecule has 1 atom stereocenters. The second-order valence-corrected chi connectivity index (χ2v) is 8.47. The molecule has 1 unspecified atom stereocenters. The first-order chi connectivity index (χ1) is 13.4. The van der Waals surface area contributed by atoms with E-state index in [1.165, 1.54) is 12.1 Å². The van der Waals surface area contributed by atoms with E-state index < -0.39 is 0 Å². The highest BCUT2D eigenvalue weighted by Gasteiger charge is 2.42. The first-order valence-corrected chi connectivity index (χ1v) is 10.2. The number of ether oxygens (including phenoxy) is 1. The number of hydrogen-bond donors (Lipinski definition) is 0. The van der Waals surface area contributed by atoms with Gasteiger partial charge in [-0.25, -0.2) is 0 Å². The van der Waals surface area contributed by atoms with Crippen LogP contribution in [0, 0.1) is 12.3 Å². The number of piperidine rings is 2. The summed E-state index contributed by atoms with van der Waals surface area (Å²) >= 11 is 0. The average Bonchev–Trinajstić information content (AvgIpc) is 3.17. The van der Waals surface area contributed by atoms with Crippen LogP contribution in [0.4, 0.5) is 0 Å². The fourth-order valence-corrected chi connectivity index (χ4v) is 4.76. The third-order valence-electron chi connectivity index (χ3n) is 6.41. The molecule has 0 radical (unpaired) electrons. The van der Waals surface area contributed by atoms with Crippen molar-refractivity contribution >= 4 is 11.8 Å². The van der Waals surface area contributed by atoms with Crippen LogP contribution in [0.3, 0.4) is 0 Å². The Morgan fingerprint density at radius 3 is 2.68 bits per heavy atom. The summed E-state index contributed by atoms with van der Waals surface area (Å²) in [5.74, 6) is 0.555. The van der Waals surface area contributed by atoms with Gasteiger partial charge in [-0.1, -0.05) is 0 Å². The molecule has 7 heteroatoms. The van der Waals surface area contributed by atoms with Crippen LogP contribution in [0.1, 0.15) is 54.8 Å². The predicted molar refractivity (Wildman–Crippen MR) is 102 cm³/mol. The zero-order chi connectivity index (χ0) is 19.7. The average molecular weight is 388 g/mol. The molecule has 3 saturated heterocycles. The summed E-state index contributed by atoms with van der Waals surface area (Å²) < 4.78 is 11.2. The van der Waals surface area contributed by atoms with Crippen molar-refractivity contribution in [3.63, 3.8) is 0 Å². The van der Waals surface area contributed by atoms with Crippen LogP contribution in [-0.2, 0) is 9.53 Å². The summed E-state index contributed by atoms with van der Waals surface area (Å²) in [4.78, 5) is 40.5. The van der Waals surface area contributed by atoms with Gasteiger partial charge in [-0.2, -0.15) is 0 Å². The lowest BCUT2D eigenvalue weighted by molar-refractivity contribution is -0.141. The summed E-state index contributed by atoms with van der Waals surface area (Å²) in [7, 11) is 0. The van der Waals surface area contributed by atoms with Gasteiger partial charge in [0, 0.05) is 51.3 Å². The molecule has 4 heterocycles. The predicted octanol–water partition coefficient (Wildman–Crippen LogP) is 1.97. The summed E-state index contributed by atoms with van der Waals surface area (Å²) in [5, 5.41) is 0. The van der Waals surface area contributed by atoms with E-state index in [-0.39, 0.29) is 34.5 Å². The molecule has 152 valence electrons. The summed E-state index contributed by atoms with van der Waals surface area (Å²) in [6, 6.07) is 2.64. The van der Waals surface area contributed by atoms with E-state index >= 15 is 0 Å². The Kier molecular flexibility index (Phi) is 5.27. The standard InChI is InChI=1S/C21H28N2O5/c1-15-11-16(24)12-18(28-15)20(26)22-8-6-21(7-9-22)5-4-19(25)23(14-21)13-17-3-2-10-27-17/h11-12,17H,2-10,13-14H2,1H3.